The molecule has 0 saturated heterocycles. The molecule has 2 aromatic carbocycles. The van der Waals surface area contributed by atoms with Crippen LogP contribution in [0, 0.1) is 0 Å². The van der Waals surface area contributed by atoms with E-state index in [2.05, 4.69) is 27.8 Å². The van der Waals surface area contributed by atoms with Gasteiger partial charge >= 0.3 is 5.97 Å². The maximum Gasteiger partial charge on any atom is 0.309 e. The average molecular weight is 348 g/mol. The van der Waals surface area contributed by atoms with Crippen molar-refractivity contribution < 1.29 is 14.3 Å². The summed E-state index contributed by atoms with van der Waals surface area (Å²) in [5.74, 6) is 0.865. The first-order chi connectivity index (χ1) is 12.7. The van der Waals surface area contributed by atoms with Gasteiger partial charge in [0.15, 0.2) is 0 Å². The molecular weight excluding hydrogens is 328 g/mol. The Hall–Kier alpha value is -3.08. The van der Waals surface area contributed by atoms with Gasteiger partial charge in [-0.15, -0.1) is 0 Å². The smallest absolute Gasteiger partial charge is 0.309 e. The van der Waals surface area contributed by atoms with Crippen molar-refractivity contribution in [2.24, 2.45) is 4.99 Å². The minimum Gasteiger partial charge on any atom is -0.497 e. The maximum absolute atomic E-state index is 11.6. The van der Waals surface area contributed by atoms with E-state index in [0.717, 1.165) is 34.3 Å². The first-order valence-corrected chi connectivity index (χ1v) is 8.63. The predicted molar refractivity (Wildman–Crippen MR) is 101 cm³/mol. The number of aliphatic imine (C=N–C) groups is 1. The van der Waals surface area contributed by atoms with Gasteiger partial charge in [0.1, 0.15) is 11.4 Å². The highest BCUT2D eigenvalue weighted by molar-refractivity contribution is 6.06. The lowest BCUT2D eigenvalue weighted by Crippen LogP contribution is -2.21. The minimum atomic E-state index is -0.356. The number of carbonyl (C=O) groups excluding carboxylic acids is 1. The number of nitrogens with zero attached hydrogens (tertiary/aromatic N) is 2. The molecule has 0 unspecified atom stereocenters. The van der Waals surface area contributed by atoms with Crippen molar-refractivity contribution in [3.63, 3.8) is 0 Å². The summed E-state index contributed by atoms with van der Waals surface area (Å²) in [6.07, 6.45) is 0.811. The number of rotatable bonds is 3. The van der Waals surface area contributed by atoms with Gasteiger partial charge in [-0.1, -0.05) is 30.3 Å². The largest absolute Gasteiger partial charge is 0.497 e. The zero-order valence-corrected chi connectivity index (χ0v) is 14.9. The van der Waals surface area contributed by atoms with Gasteiger partial charge in [0.05, 0.1) is 7.11 Å². The van der Waals surface area contributed by atoms with Crippen LogP contribution in [0.2, 0.25) is 0 Å². The fraction of sp³-hybridized carbons (Fsp3) is 0.238. The summed E-state index contributed by atoms with van der Waals surface area (Å²) < 4.78 is 13.0. The molecule has 5 heteroatoms. The van der Waals surface area contributed by atoms with Crippen molar-refractivity contribution in [1.82, 2.24) is 4.57 Å². The standard InChI is InChI=1S/C21H20N2O3/c1-14(24)26-21-20-17(10-11-22-21)18-12-16(25-2)8-9-19(18)23(20)13-15-6-4-3-5-7-15/h3-9,12H,10-11,13H2,1-2H3. The third-order valence-electron chi connectivity index (χ3n) is 4.62. The van der Waals surface area contributed by atoms with Crippen LogP contribution >= 0.6 is 0 Å². The minimum absolute atomic E-state index is 0.356. The molecule has 132 valence electrons. The number of esters is 1. The van der Waals surface area contributed by atoms with Crippen LogP contribution in [0.3, 0.4) is 0 Å². The second-order valence-electron chi connectivity index (χ2n) is 6.31. The lowest BCUT2D eigenvalue weighted by atomic mass is 10.1. The molecule has 0 radical (unpaired) electrons. The van der Waals surface area contributed by atoms with Crippen molar-refractivity contribution in [3.8, 4) is 5.75 Å². The molecule has 0 amide bonds. The van der Waals surface area contributed by atoms with E-state index >= 15 is 0 Å². The Kier molecular flexibility index (Phi) is 4.21. The molecule has 0 fully saturated rings. The van der Waals surface area contributed by atoms with Crippen LogP contribution in [0.4, 0.5) is 0 Å². The Morgan fingerprint density at radius 2 is 2.00 bits per heavy atom. The van der Waals surface area contributed by atoms with Crippen LogP contribution in [-0.4, -0.2) is 30.1 Å². The molecule has 26 heavy (non-hydrogen) atoms. The van der Waals surface area contributed by atoms with Crippen LogP contribution < -0.4 is 4.74 Å². The van der Waals surface area contributed by atoms with Crippen molar-refractivity contribution in [1.29, 1.82) is 0 Å². The Labute approximate surface area is 151 Å². The summed E-state index contributed by atoms with van der Waals surface area (Å²) >= 11 is 0. The van der Waals surface area contributed by atoms with E-state index in [4.69, 9.17) is 9.47 Å². The van der Waals surface area contributed by atoms with Crippen molar-refractivity contribution in [3.05, 3.63) is 65.4 Å². The number of fused-ring (bicyclic) bond motifs is 3. The summed E-state index contributed by atoms with van der Waals surface area (Å²) in [7, 11) is 1.67. The van der Waals surface area contributed by atoms with Crippen molar-refractivity contribution >= 4 is 22.8 Å². The molecule has 1 aliphatic rings. The van der Waals surface area contributed by atoms with Gasteiger partial charge in [-0.05, 0) is 35.7 Å². The van der Waals surface area contributed by atoms with Gasteiger partial charge in [0.2, 0.25) is 5.90 Å². The van der Waals surface area contributed by atoms with Gasteiger partial charge in [-0.25, -0.2) is 4.99 Å². The average Bonchev–Trinajstić information content (AvgIpc) is 2.96. The molecular formula is C21H20N2O3. The second-order valence-corrected chi connectivity index (χ2v) is 6.31. The Morgan fingerprint density at radius 1 is 1.19 bits per heavy atom. The highest BCUT2D eigenvalue weighted by atomic mass is 16.5. The van der Waals surface area contributed by atoms with E-state index in [1.54, 1.807) is 7.11 Å². The molecule has 5 nitrogen and oxygen atoms in total. The lowest BCUT2D eigenvalue weighted by molar-refractivity contribution is -0.133. The molecule has 0 aliphatic carbocycles. The lowest BCUT2D eigenvalue weighted by Gasteiger charge is -2.16. The summed E-state index contributed by atoms with van der Waals surface area (Å²) in [6, 6.07) is 16.3. The number of benzene rings is 2. The van der Waals surface area contributed by atoms with Crippen molar-refractivity contribution in [2.45, 2.75) is 19.9 Å². The molecule has 0 N–H and O–H groups in total. The van der Waals surface area contributed by atoms with Gasteiger partial charge in [-0.2, -0.15) is 0 Å². The molecule has 2 heterocycles. The zero-order valence-electron chi connectivity index (χ0n) is 14.9. The first kappa shape index (κ1) is 16.4. The number of aromatic nitrogens is 1. The third kappa shape index (κ3) is 2.86. The number of hydrogen-bond acceptors (Lipinski definition) is 4. The molecule has 1 aromatic heterocycles. The first-order valence-electron chi connectivity index (χ1n) is 8.63. The van der Waals surface area contributed by atoms with E-state index in [-0.39, 0.29) is 5.97 Å². The van der Waals surface area contributed by atoms with Crippen molar-refractivity contribution in [2.75, 3.05) is 13.7 Å². The van der Waals surface area contributed by atoms with E-state index < -0.39 is 0 Å². The summed E-state index contributed by atoms with van der Waals surface area (Å²) in [6.45, 7) is 2.70. The van der Waals surface area contributed by atoms with Crippen LogP contribution in [0.15, 0.2) is 53.5 Å². The SMILES string of the molecule is COc1ccc2c(c1)c1c(n2Cc2ccccc2)C(OC(C)=O)=NCC1. The van der Waals surface area contributed by atoms with Crippen LogP contribution in [-0.2, 0) is 22.5 Å². The van der Waals surface area contributed by atoms with Gasteiger partial charge in [0, 0.05) is 30.9 Å². The van der Waals surface area contributed by atoms with E-state index in [0.29, 0.717) is 19.0 Å². The number of hydrogen-bond donors (Lipinski definition) is 0. The molecule has 0 saturated carbocycles. The number of methoxy groups -OCH3 is 1. The highest BCUT2D eigenvalue weighted by Gasteiger charge is 2.26. The zero-order chi connectivity index (χ0) is 18.1. The molecule has 0 atom stereocenters. The van der Waals surface area contributed by atoms with E-state index in [9.17, 15) is 4.79 Å². The van der Waals surface area contributed by atoms with Gasteiger partial charge in [-0.3, -0.25) is 4.79 Å². The fourth-order valence-corrected chi connectivity index (χ4v) is 3.52. The quantitative estimate of drug-likeness (QED) is 0.680. The Morgan fingerprint density at radius 3 is 2.73 bits per heavy atom. The molecule has 0 bridgehead atoms. The topological polar surface area (TPSA) is 52.8 Å². The van der Waals surface area contributed by atoms with Gasteiger partial charge < -0.3 is 14.0 Å². The molecule has 3 aromatic rings. The fourth-order valence-electron chi connectivity index (χ4n) is 3.52. The van der Waals surface area contributed by atoms with E-state index in [1.807, 2.05) is 30.3 Å². The summed E-state index contributed by atoms with van der Waals surface area (Å²) in [4.78, 5) is 16.0. The highest BCUT2D eigenvalue weighted by Crippen LogP contribution is 2.33. The van der Waals surface area contributed by atoms with Crippen LogP contribution in [0.25, 0.3) is 10.9 Å². The number of ether oxygens (including phenoxy) is 2. The Bertz CT molecular complexity index is 1000. The summed E-state index contributed by atoms with van der Waals surface area (Å²) in [5.41, 5.74) is 4.30. The second kappa shape index (κ2) is 6.67. The predicted octanol–water partition coefficient (Wildman–Crippen LogP) is 3.56. The van der Waals surface area contributed by atoms with E-state index in [1.165, 1.54) is 12.5 Å². The maximum atomic E-state index is 11.6. The van der Waals surface area contributed by atoms with Gasteiger partial charge in [0.25, 0.3) is 0 Å². The monoisotopic (exact) mass is 348 g/mol. The summed E-state index contributed by atoms with van der Waals surface area (Å²) in [5, 5.41) is 1.12. The normalized spacial score (nSPS) is 13.2. The number of carbonyl (C=O) groups is 1. The molecule has 1 aliphatic heterocycles. The third-order valence-corrected chi connectivity index (χ3v) is 4.62. The Balaban J connectivity index is 1.93. The molecule has 4 rings (SSSR count). The van der Waals surface area contributed by atoms with Crippen LogP contribution in [0.1, 0.15) is 23.7 Å². The molecule has 0 spiro atoms. The van der Waals surface area contributed by atoms with Crippen LogP contribution in [0.5, 0.6) is 5.75 Å².